The maximum Gasteiger partial charge on any atom is 0.417 e. The first kappa shape index (κ1) is 17.3. The fraction of sp³-hybridized carbons (Fsp3) is 0.500. The van der Waals surface area contributed by atoms with Gasteiger partial charge in [0, 0.05) is 0 Å². The van der Waals surface area contributed by atoms with E-state index < -0.39 is 35.2 Å². The van der Waals surface area contributed by atoms with E-state index in [9.17, 15) is 22.8 Å². The van der Waals surface area contributed by atoms with Crippen molar-refractivity contribution >= 4 is 11.8 Å². The van der Waals surface area contributed by atoms with E-state index in [1.165, 1.54) is 12.1 Å². The van der Waals surface area contributed by atoms with Crippen molar-refractivity contribution in [2.45, 2.75) is 44.3 Å². The summed E-state index contributed by atoms with van der Waals surface area (Å²) >= 11 is 0. The van der Waals surface area contributed by atoms with Crippen LogP contribution in [-0.2, 0) is 11.0 Å². The molecular formula is C16H19F3N2O2. The summed E-state index contributed by atoms with van der Waals surface area (Å²) in [6, 6.07) is 3.56. The third-order valence-corrected chi connectivity index (χ3v) is 4.19. The summed E-state index contributed by atoms with van der Waals surface area (Å²) in [7, 11) is 0. The van der Waals surface area contributed by atoms with Crippen LogP contribution in [0.5, 0.6) is 0 Å². The van der Waals surface area contributed by atoms with Gasteiger partial charge in [-0.15, -0.1) is 0 Å². The quantitative estimate of drug-likeness (QED) is 0.892. The number of hydrogen-bond donors (Lipinski definition) is 2. The van der Waals surface area contributed by atoms with Crippen LogP contribution < -0.4 is 11.1 Å². The molecule has 1 fully saturated rings. The number of amides is 2. The van der Waals surface area contributed by atoms with E-state index in [0.29, 0.717) is 0 Å². The smallest absolute Gasteiger partial charge is 0.368 e. The highest BCUT2D eigenvalue weighted by atomic mass is 19.4. The van der Waals surface area contributed by atoms with Gasteiger partial charge in [-0.05, 0) is 30.9 Å². The monoisotopic (exact) mass is 328 g/mol. The van der Waals surface area contributed by atoms with Crippen molar-refractivity contribution < 1.29 is 22.8 Å². The van der Waals surface area contributed by atoms with Crippen molar-refractivity contribution in [3.8, 4) is 0 Å². The van der Waals surface area contributed by atoms with Gasteiger partial charge < -0.3 is 11.1 Å². The minimum atomic E-state index is -4.64. The number of benzene rings is 1. The van der Waals surface area contributed by atoms with E-state index >= 15 is 0 Å². The van der Waals surface area contributed by atoms with Crippen molar-refractivity contribution in [2.75, 3.05) is 0 Å². The Morgan fingerprint density at radius 1 is 1.13 bits per heavy atom. The number of hydrogen-bond acceptors (Lipinski definition) is 2. The van der Waals surface area contributed by atoms with E-state index in [1.807, 2.05) is 0 Å². The van der Waals surface area contributed by atoms with Crippen LogP contribution in [0.3, 0.4) is 0 Å². The number of carbonyl (C=O) groups is 2. The predicted octanol–water partition coefficient (Wildman–Crippen LogP) is 2.87. The summed E-state index contributed by atoms with van der Waals surface area (Å²) in [5.74, 6) is -1.76. The molecule has 2 rings (SSSR count). The van der Waals surface area contributed by atoms with E-state index in [1.54, 1.807) is 0 Å². The predicted molar refractivity (Wildman–Crippen MR) is 78.5 cm³/mol. The molecule has 0 radical (unpaired) electrons. The SMILES string of the molecule is NC(=O)[C@H](NC(=O)c1ccccc1C(F)(F)F)C1CCCCC1. The molecule has 0 heterocycles. The maximum absolute atomic E-state index is 13.0. The van der Waals surface area contributed by atoms with Gasteiger partial charge in [0.25, 0.3) is 5.91 Å². The van der Waals surface area contributed by atoms with Crippen molar-refractivity contribution in [3.05, 3.63) is 35.4 Å². The van der Waals surface area contributed by atoms with Crippen LogP contribution in [0.4, 0.5) is 13.2 Å². The number of rotatable bonds is 4. The lowest BCUT2D eigenvalue weighted by atomic mass is 9.83. The van der Waals surface area contributed by atoms with Gasteiger partial charge in [0.1, 0.15) is 6.04 Å². The minimum absolute atomic E-state index is 0.122. The molecule has 1 aromatic rings. The third-order valence-electron chi connectivity index (χ3n) is 4.19. The summed E-state index contributed by atoms with van der Waals surface area (Å²) < 4.78 is 39.0. The lowest BCUT2D eigenvalue weighted by Crippen LogP contribution is -2.49. The molecule has 0 saturated heterocycles. The normalized spacial score (nSPS) is 17.5. The molecule has 1 aliphatic rings. The molecule has 3 N–H and O–H groups in total. The van der Waals surface area contributed by atoms with Gasteiger partial charge in [0.15, 0.2) is 0 Å². The summed E-state index contributed by atoms with van der Waals surface area (Å²) in [6.45, 7) is 0. The van der Waals surface area contributed by atoms with Crippen LogP contribution >= 0.6 is 0 Å². The van der Waals surface area contributed by atoms with Crippen LogP contribution in [0, 0.1) is 5.92 Å². The molecule has 7 heteroatoms. The lowest BCUT2D eigenvalue weighted by Gasteiger charge is -2.29. The highest BCUT2D eigenvalue weighted by Crippen LogP contribution is 2.32. The van der Waals surface area contributed by atoms with E-state index in [4.69, 9.17) is 5.73 Å². The van der Waals surface area contributed by atoms with Crippen LogP contribution in [0.25, 0.3) is 0 Å². The van der Waals surface area contributed by atoms with E-state index in [0.717, 1.165) is 44.2 Å². The highest BCUT2D eigenvalue weighted by Gasteiger charge is 2.36. The molecule has 23 heavy (non-hydrogen) atoms. The minimum Gasteiger partial charge on any atom is -0.368 e. The largest absolute Gasteiger partial charge is 0.417 e. The van der Waals surface area contributed by atoms with Gasteiger partial charge >= 0.3 is 6.18 Å². The Bertz CT molecular complexity index is 581. The molecule has 0 aromatic heterocycles. The molecule has 0 spiro atoms. The summed E-state index contributed by atoms with van der Waals surface area (Å²) in [5.41, 5.74) is 3.82. The van der Waals surface area contributed by atoms with Gasteiger partial charge in [-0.2, -0.15) is 13.2 Å². The van der Waals surface area contributed by atoms with E-state index in [2.05, 4.69) is 5.32 Å². The van der Waals surface area contributed by atoms with Gasteiger partial charge in [-0.1, -0.05) is 31.4 Å². The summed E-state index contributed by atoms with van der Waals surface area (Å²) in [6.07, 6.45) is -0.287. The van der Waals surface area contributed by atoms with Crippen LogP contribution in [0.1, 0.15) is 48.0 Å². The molecule has 0 bridgehead atoms. The zero-order valence-corrected chi connectivity index (χ0v) is 12.5. The molecule has 1 aliphatic carbocycles. The fourth-order valence-corrected chi connectivity index (χ4v) is 3.04. The number of nitrogens with one attached hydrogen (secondary N) is 1. The second kappa shape index (κ2) is 7.02. The van der Waals surface area contributed by atoms with E-state index in [-0.39, 0.29) is 5.92 Å². The van der Waals surface area contributed by atoms with Gasteiger partial charge in [0.2, 0.25) is 5.91 Å². The molecule has 4 nitrogen and oxygen atoms in total. The van der Waals surface area contributed by atoms with Crippen LogP contribution in [0.2, 0.25) is 0 Å². The first-order valence-electron chi connectivity index (χ1n) is 7.57. The van der Waals surface area contributed by atoms with Gasteiger partial charge in [-0.3, -0.25) is 9.59 Å². The highest BCUT2D eigenvalue weighted by molar-refractivity contribution is 5.98. The van der Waals surface area contributed by atoms with Gasteiger partial charge in [-0.25, -0.2) is 0 Å². The Morgan fingerprint density at radius 2 is 1.74 bits per heavy atom. The zero-order valence-electron chi connectivity index (χ0n) is 12.5. The number of nitrogens with two attached hydrogens (primary N) is 1. The molecule has 126 valence electrons. The number of alkyl halides is 3. The Kier molecular flexibility index (Phi) is 5.28. The Labute approximate surface area is 132 Å². The standard InChI is InChI=1S/C16H19F3N2O2/c17-16(18,19)12-9-5-4-8-11(12)15(23)21-13(14(20)22)10-6-2-1-3-7-10/h4-5,8-10,13H,1-3,6-7H2,(H2,20,22)(H,21,23)/t13-/m1/s1. The second-order valence-corrected chi connectivity index (χ2v) is 5.79. The maximum atomic E-state index is 13.0. The van der Waals surface area contributed by atoms with Gasteiger partial charge in [0.05, 0.1) is 11.1 Å². The number of carbonyl (C=O) groups excluding carboxylic acids is 2. The Morgan fingerprint density at radius 3 is 2.30 bits per heavy atom. The molecule has 0 unspecified atom stereocenters. The molecule has 1 aromatic carbocycles. The zero-order chi connectivity index (χ0) is 17.0. The third kappa shape index (κ3) is 4.24. The topological polar surface area (TPSA) is 72.2 Å². The van der Waals surface area contributed by atoms with Crippen LogP contribution in [-0.4, -0.2) is 17.9 Å². The molecule has 1 saturated carbocycles. The average molecular weight is 328 g/mol. The second-order valence-electron chi connectivity index (χ2n) is 5.79. The lowest BCUT2D eigenvalue weighted by molar-refractivity contribution is -0.137. The van der Waals surface area contributed by atoms with Crippen LogP contribution in [0.15, 0.2) is 24.3 Å². The van der Waals surface area contributed by atoms with Crippen molar-refractivity contribution in [2.24, 2.45) is 11.7 Å². The molecule has 1 atom stereocenters. The fourth-order valence-electron chi connectivity index (χ4n) is 3.04. The number of halogens is 3. The van der Waals surface area contributed by atoms with Crippen molar-refractivity contribution in [1.82, 2.24) is 5.32 Å². The Hall–Kier alpha value is -2.05. The number of primary amides is 1. The molecular weight excluding hydrogens is 309 g/mol. The average Bonchev–Trinajstić information content (AvgIpc) is 2.52. The molecule has 2 amide bonds. The van der Waals surface area contributed by atoms with Crippen molar-refractivity contribution in [3.63, 3.8) is 0 Å². The first-order valence-corrected chi connectivity index (χ1v) is 7.57. The first-order chi connectivity index (χ1) is 10.8. The summed E-state index contributed by atoms with van der Waals surface area (Å²) in [4.78, 5) is 23.9. The summed E-state index contributed by atoms with van der Waals surface area (Å²) in [5, 5.41) is 2.40. The van der Waals surface area contributed by atoms with Crippen molar-refractivity contribution in [1.29, 1.82) is 0 Å². The Balaban J connectivity index is 2.21. The molecule has 0 aliphatic heterocycles.